The van der Waals surface area contributed by atoms with Crippen molar-refractivity contribution < 1.29 is 19.1 Å². The maximum Gasteiger partial charge on any atom is 0.338 e. The Balaban J connectivity index is 1.34. The number of para-hydroxylation sites is 1. The quantitative estimate of drug-likeness (QED) is 0.528. The van der Waals surface area contributed by atoms with E-state index in [9.17, 15) is 19.2 Å². The first-order valence-corrected chi connectivity index (χ1v) is 11.7. The van der Waals surface area contributed by atoms with Crippen LogP contribution >= 0.6 is 0 Å². The van der Waals surface area contributed by atoms with Crippen molar-refractivity contribution in [3.63, 3.8) is 0 Å². The number of carbonyl (C=O) groups excluding carboxylic acids is 3. The molecule has 0 spiro atoms. The van der Waals surface area contributed by atoms with Crippen LogP contribution in [0.3, 0.4) is 0 Å². The molecule has 0 saturated heterocycles. The van der Waals surface area contributed by atoms with Gasteiger partial charge >= 0.3 is 5.97 Å². The highest BCUT2D eigenvalue weighted by Crippen LogP contribution is 2.19. The highest BCUT2D eigenvalue weighted by Gasteiger charge is 2.17. The summed E-state index contributed by atoms with van der Waals surface area (Å²) in [6.07, 6.45) is 3.68. The maximum absolute atomic E-state index is 12.8. The van der Waals surface area contributed by atoms with Crippen LogP contribution in [0.25, 0.3) is 10.9 Å². The van der Waals surface area contributed by atoms with Gasteiger partial charge in [0, 0.05) is 18.7 Å². The average molecular weight is 477 g/mol. The second-order valence-corrected chi connectivity index (χ2v) is 8.70. The molecule has 2 heterocycles. The summed E-state index contributed by atoms with van der Waals surface area (Å²) in [4.78, 5) is 54.2. The molecule has 1 aliphatic heterocycles. The van der Waals surface area contributed by atoms with Crippen molar-refractivity contribution >= 4 is 34.4 Å². The van der Waals surface area contributed by atoms with Gasteiger partial charge in [-0.2, -0.15) is 0 Å². The number of nitrogens with one attached hydrogen (secondary N) is 2. The minimum absolute atomic E-state index is 0.106. The predicted octanol–water partition coefficient (Wildman–Crippen LogP) is 2.65. The van der Waals surface area contributed by atoms with Crippen molar-refractivity contribution in [1.82, 2.24) is 14.9 Å². The lowest BCUT2D eigenvalue weighted by Crippen LogP contribution is -2.35. The lowest BCUT2D eigenvalue weighted by Gasteiger charge is -2.12. The molecule has 1 aromatic heterocycles. The Morgan fingerprint density at radius 1 is 1.03 bits per heavy atom. The largest absolute Gasteiger partial charge is 0.452 e. The van der Waals surface area contributed by atoms with E-state index < -0.39 is 18.5 Å². The normalized spacial score (nSPS) is 13.0. The van der Waals surface area contributed by atoms with E-state index in [4.69, 9.17) is 4.74 Å². The van der Waals surface area contributed by atoms with E-state index in [-0.39, 0.29) is 23.6 Å². The summed E-state index contributed by atoms with van der Waals surface area (Å²) in [5.74, 6) is -0.964. The Bertz CT molecular complexity index is 1340. The molecule has 1 aliphatic rings. The lowest BCUT2D eigenvalue weighted by atomic mass is 10.1. The molecule has 182 valence electrons. The second kappa shape index (κ2) is 10.5. The van der Waals surface area contributed by atoms with Gasteiger partial charge in [-0.15, -0.1) is 0 Å². The molecule has 3 aromatic rings. The highest BCUT2D eigenvalue weighted by molar-refractivity contribution is 5.97. The standard InChI is InChI=1S/C26H28N4O5/c1-16-7-6-8-17(2)24(16)29-22(31)14-27-23(32)15-35-26(34)18-10-11-19-20(13-18)28-21-9-4-3-5-12-30(21)25(19)33/h6-8,10-11,13H,3-5,9,12,14-15H2,1-2H3,(H,27,32)(H,29,31). The number of benzene rings is 2. The Morgan fingerprint density at radius 3 is 2.57 bits per heavy atom. The van der Waals surface area contributed by atoms with Gasteiger partial charge in [0.25, 0.3) is 11.5 Å². The van der Waals surface area contributed by atoms with Crippen LogP contribution in [0, 0.1) is 13.8 Å². The fourth-order valence-corrected chi connectivity index (χ4v) is 4.18. The Hall–Kier alpha value is -4.01. The van der Waals surface area contributed by atoms with Crippen LogP contribution in [0.2, 0.25) is 0 Å². The third kappa shape index (κ3) is 5.56. The first-order chi connectivity index (χ1) is 16.8. The molecule has 9 nitrogen and oxygen atoms in total. The molecular formula is C26H28N4O5. The lowest BCUT2D eigenvalue weighted by molar-refractivity contribution is -0.126. The van der Waals surface area contributed by atoms with E-state index in [1.165, 1.54) is 12.1 Å². The molecule has 0 bridgehead atoms. The van der Waals surface area contributed by atoms with Gasteiger partial charge in [0.15, 0.2) is 6.61 Å². The topological polar surface area (TPSA) is 119 Å². The SMILES string of the molecule is Cc1cccc(C)c1NC(=O)CNC(=O)COC(=O)c1ccc2c(=O)n3c(nc2c1)CCCCC3. The van der Waals surface area contributed by atoms with Gasteiger partial charge in [-0.1, -0.05) is 24.6 Å². The predicted molar refractivity (Wildman–Crippen MR) is 131 cm³/mol. The van der Waals surface area contributed by atoms with Gasteiger partial charge in [-0.3, -0.25) is 19.0 Å². The van der Waals surface area contributed by atoms with E-state index in [1.54, 1.807) is 10.6 Å². The molecule has 2 aromatic carbocycles. The number of rotatable bonds is 6. The third-order valence-corrected chi connectivity index (χ3v) is 6.08. The van der Waals surface area contributed by atoms with Crippen molar-refractivity contribution in [2.45, 2.75) is 46.1 Å². The number of anilines is 1. The smallest absolute Gasteiger partial charge is 0.338 e. The number of hydrogen-bond donors (Lipinski definition) is 2. The number of carbonyl (C=O) groups is 3. The van der Waals surface area contributed by atoms with Crippen molar-refractivity contribution in [2.75, 3.05) is 18.5 Å². The molecule has 0 saturated carbocycles. The zero-order valence-electron chi connectivity index (χ0n) is 19.8. The van der Waals surface area contributed by atoms with Gasteiger partial charge in [0.2, 0.25) is 5.91 Å². The van der Waals surface area contributed by atoms with E-state index in [2.05, 4.69) is 15.6 Å². The van der Waals surface area contributed by atoms with E-state index in [0.717, 1.165) is 42.6 Å². The molecule has 0 aliphatic carbocycles. The van der Waals surface area contributed by atoms with Crippen LogP contribution in [0.15, 0.2) is 41.2 Å². The van der Waals surface area contributed by atoms with Crippen molar-refractivity contribution in [3.05, 3.63) is 69.3 Å². The maximum atomic E-state index is 12.8. The molecule has 0 radical (unpaired) electrons. The van der Waals surface area contributed by atoms with E-state index in [0.29, 0.717) is 23.1 Å². The molecular weight excluding hydrogens is 448 g/mol. The number of fused-ring (bicyclic) bond motifs is 2. The Labute approximate surface area is 202 Å². The molecule has 9 heteroatoms. The molecule has 0 unspecified atom stereocenters. The minimum atomic E-state index is -0.709. The number of nitrogens with zero attached hydrogens (tertiary/aromatic N) is 2. The minimum Gasteiger partial charge on any atom is -0.452 e. The van der Waals surface area contributed by atoms with Gasteiger partial charge < -0.3 is 15.4 Å². The number of hydrogen-bond acceptors (Lipinski definition) is 6. The van der Waals surface area contributed by atoms with Gasteiger partial charge in [-0.05, 0) is 56.0 Å². The molecule has 4 rings (SSSR count). The fraction of sp³-hybridized carbons (Fsp3) is 0.346. The fourth-order valence-electron chi connectivity index (χ4n) is 4.18. The summed E-state index contributed by atoms with van der Waals surface area (Å²) in [6, 6.07) is 10.2. The summed E-state index contributed by atoms with van der Waals surface area (Å²) in [5.41, 5.74) is 3.07. The third-order valence-electron chi connectivity index (χ3n) is 6.08. The van der Waals surface area contributed by atoms with Crippen LogP contribution in [0.1, 0.15) is 46.6 Å². The van der Waals surface area contributed by atoms with E-state index >= 15 is 0 Å². The number of esters is 1. The molecule has 2 N–H and O–H groups in total. The molecule has 2 amide bonds. The molecule has 0 atom stereocenters. The number of aromatic nitrogens is 2. The zero-order chi connectivity index (χ0) is 24.9. The zero-order valence-corrected chi connectivity index (χ0v) is 19.8. The van der Waals surface area contributed by atoms with Crippen LogP contribution < -0.4 is 16.2 Å². The number of aryl methyl sites for hydroxylation is 3. The van der Waals surface area contributed by atoms with Crippen molar-refractivity contribution in [1.29, 1.82) is 0 Å². The van der Waals surface area contributed by atoms with Crippen LogP contribution in [-0.2, 0) is 27.3 Å². The highest BCUT2D eigenvalue weighted by atomic mass is 16.5. The van der Waals surface area contributed by atoms with Crippen LogP contribution in [0.4, 0.5) is 5.69 Å². The Kier molecular flexibility index (Phi) is 7.24. The van der Waals surface area contributed by atoms with Gasteiger partial charge in [0.05, 0.1) is 23.0 Å². The summed E-state index contributed by atoms with van der Waals surface area (Å²) < 4.78 is 6.81. The first kappa shape index (κ1) is 24.1. The Morgan fingerprint density at radius 2 is 1.80 bits per heavy atom. The molecule has 0 fully saturated rings. The summed E-state index contributed by atoms with van der Waals surface area (Å²) in [5, 5.41) is 5.66. The van der Waals surface area contributed by atoms with Gasteiger partial charge in [-0.25, -0.2) is 9.78 Å². The van der Waals surface area contributed by atoms with E-state index in [1.807, 2.05) is 32.0 Å². The summed E-state index contributed by atoms with van der Waals surface area (Å²) in [6.45, 7) is 3.64. The molecule has 35 heavy (non-hydrogen) atoms. The summed E-state index contributed by atoms with van der Waals surface area (Å²) in [7, 11) is 0. The number of amides is 2. The van der Waals surface area contributed by atoms with Crippen LogP contribution in [-0.4, -0.2) is 40.5 Å². The summed E-state index contributed by atoms with van der Waals surface area (Å²) >= 11 is 0. The van der Waals surface area contributed by atoms with Crippen LogP contribution in [0.5, 0.6) is 0 Å². The van der Waals surface area contributed by atoms with Crippen molar-refractivity contribution in [2.24, 2.45) is 0 Å². The monoisotopic (exact) mass is 476 g/mol. The second-order valence-electron chi connectivity index (χ2n) is 8.70. The first-order valence-electron chi connectivity index (χ1n) is 11.7. The average Bonchev–Trinajstić information content (AvgIpc) is 3.09. The van der Waals surface area contributed by atoms with Gasteiger partial charge in [0.1, 0.15) is 5.82 Å². The number of ether oxygens (including phenoxy) is 1. The van der Waals surface area contributed by atoms with Crippen molar-refractivity contribution in [3.8, 4) is 0 Å².